The summed E-state index contributed by atoms with van der Waals surface area (Å²) in [7, 11) is 1.70. The number of methoxy groups -OCH3 is 1. The summed E-state index contributed by atoms with van der Waals surface area (Å²) in [6, 6.07) is 0.352. The van der Waals surface area contributed by atoms with Gasteiger partial charge in [-0.05, 0) is 12.8 Å². The molecule has 1 aromatic heterocycles. The van der Waals surface area contributed by atoms with Crippen LogP contribution in [0, 0.1) is 5.82 Å². The van der Waals surface area contributed by atoms with E-state index in [2.05, 4.69) is 15.3 Å². The zero-order chi connectivity index (χ0) is 9.97. The Labute approximate surface area is 81.5 Å². The molecule has 2 rings (SSSR count). The Balaban J connectivity index is 1.84. The summed E-state index contributed by atoms with van der Waals surface area (Å²) in [6.07, 6.45) is 4.56. The monoisotopic (exact) mass is 197 g/mol. The maximum atomic E-state index is 12.5. The van der Waals surface area contributed by atoms with Gasteiger partial charge >= 0.3 is 0 Å². The second kappa shape index (κ2) is 3.88. The first kappa shape index (κ1) is 9.33. The summed E-state index contributed by atoms with van der Waals surface area (Å²) >= 11 is 0. The van der Waals surface area contributed by atoms with Crippen LogP contribution in [0.15, 0.2) is 12.4 Å². The average molecular weight is 197 g/mol. The lowest BCUT2D eigenvalue weighted by atomic mass is 9.89. The van der Waals surface area contributed by atoms with Crippen molar-refractivity contribution >= 4 is 5.95 Å². The van der Waals surface area contributed by atoms with Gasteiger partial charge in [-0.1, -0.05) is 0 Å². The van der Waals surface area contributed by atoms with E-state index < -0.39 is 5.82 Å². The topological polar surface area (TPSA) is 47.0 Å². The molecule has 1 saturated carbocycles. The summed E-state index contributed by atoms with van der Waals surface area (Å²) < 4.78 is 17.6. The van der Waals surface area contributed by atoms with Gasteiger partial charge in [0, 0.05) is 13.2 Å². The van der Waals surface area contributed by atoms with Gasteiger partial charge in [0.25, 0.3) is 0 Å². The van der Waals surface area contributed by atoms with Crippen molar-refractivity contribution in [2.75, 3.05) is 12.4 Å². The smallest absolute Gasteiger partial charge is 0.222 e. The summed E-state index contributed by atoms with van der Waals surface area (Å²) in [6.45, 7) is 0. The molecule has 4 nitrogen and oxygen atoms in total. The Morgan fingerprint density at radius 3 is 2.64 bits per heavy atom. The molecular formula is C9H12FN3O. The summed E-state index contributed by atoms with van der Waals surface area (Å²) in [5.41, 5.74) is 0. The van der Waals surface area contributed by atoms with E-state index in [1.54, 1.807) is 7.11 Å². The zero-order valence-electron chi connectivity index (χ0n) is 7.90. The molecule has 1 N–H and O–H groups in total. The highest BCUT2D eigenvalue weighted by Gasteiger charge is 2.29. The van der Waals surface area contributed by atoms with Gasteiger partial charge in [-0.15, -0.1) is 0 Å². The van der Waals surface area contributed by atoms with E-state index in [1.165, 1.54) is 0 Å². The van der Waals surface area contributed by atoms with Crippen molar-refractivity contribution in [2.24, 2.45) is 0 Å². The maximum absolute atomic E-state index is 12.5. The van der Waals surface area contributed by atoms with Crippen molar-refractivity contribution in [3.05, 3.63) is 18.2 Å². The first-order valence-electron chi connectivity index (χ1n) is 4.55. The zero-order valence-corrected chi connectivity index (χ0v) is 7.90. The van der Waals surface area contributed by atoms with Crippen LogP contribution in [0.1, 0.15) is 12.8 Å². The molecule has 0 unspecified atom stereocenters. The number of aromatic nitrogens is 2. The van der Waals surface area contributed by atoms with Gasteiger partial charge in [0.05, 0.1) is 18.5 Å². The van der Waals surface area contributed by atoms with E-state index in [9.17, 15) is 4.39 Å². The minimum atomic E-state index is -0.418. The molecule has 14 heavy (non-hydrogen) atoms. The second-order valence-corrected chi connectivity index (χ2v) is 3.40. The Morgan fingerprint density at radius 2 is 2.07 bits per heavy atom. The number of nitrogens with one attached hydrogen (secondary N) is 1. The Hall–Kier alpha value is -1.23. The molecule has 1 aliphatic carbocycles. The highest BCUT2D eigenvalue weighted by atomic mass is 19.1. The van der Waals surface area contributed by atoms with E-state index in [0.29, 0.717) is 18.1 Å². The molecule has 1 heterocycles. The number of anilines is 1. The lowest BCUT2D eigenvalue weighted by Crippen LogP contribution is -2.40. The molecule has 0 aromatic carbocycles. The molecule has 1 aliphatic rings. The molecule has 5 heteroatoms. The molecule has 0 aliphatic heterocycles. The van der Waals surface area contributed by atoms with Crippen LogP contribution < -0.4 is 5.32 Å². The van der Waals surface area contributed by atoms with Crippen LogP contribution in [0.5, 0.6) is 0 Å². The highest BCUT2D eigenvalue weighted by molar-refractivity contribution is 5.26. The molecule has 0 atom stereocenters. The standard InChI is InChI=1S/C9H12FN3O/c1-14-8-2-7(3-8)13-9-11-4-6(10)5-12-9/h4-5,7-8H,2-3H2,1H3,(H,11,12,13). The molecule has 76 valence electrons. The number of hydrogen-bond donors (Lipinski definition) is 1. The molecule has 0 amide bonds. The molecule has 1 fully saturated rings. The van der Waals surface area contributed by atoms with E-state index in [0.717, 1.165) is 25.2 Å². The third-order valence-corrected chi connectivity index (χ3v) is 2.38. The van der Waals surface area contributed by atoms with Crippen molar-refractivity contribution in [3.8, 4) is 0 Å². The number of halogens is 1. The van der Waals surface area contributed by atoms with Crippen molar-refractivity contribution in [1.82, 2.24) is 9.97 Å². The summed E-state index contributed by atoms with van der Waals surface area (Å²) in [5.74, 6) is 0.0601. The van der Waals surface area contributed by atoms with Gasteiger partial charge in [-0.2, -0.15) is 0 Å². The second-order valence-electron chi connectivity index (χ2n) is 3.40. The molecule has 0 radical (unpaired) electrons. The fourth-order valence-electron chi connectivity index (χ4n) is 1.45. The fourth-order valence-corrected chi connectivity index (χ4v) is 1.45. The lowest BCUT2D eigenvalue weighted by Gasteiger charge is -2.34. The predicted molar refractivity (Wildman–Crippen MR) is 49.4 cm³/mol. The molecular weight excluding hydrogens is 185 g/mol. The normalized spacial score (nSPS) is 25.6. The van der Waals surface area contributed by atoms with Crippen LogP contribution in [0.3, 0.4) is 0 Å². The van der Waals surface area contributed by atoms with Gasteiger partial charge in [-0.3, -0.25) is 0 Å². The Morgan fingerprint density at radius 1 is 1.43 bits per heavy atom. The predicted octanol–water partition coefficient (Wildman–Crippen LogP) is 1.20. The van der Waals surface area contributed by atoms with E-state index in [1.807, 2.05) is 0 Å². The molecule has 1 aromatic rings. The fraction of sp³-hybridized carbons (Fsp3) is 0.556. The lowest BCUT2D eigenvalue weighted by molar-refractivity contribution is 0.0327. The number of rotatable bonds is 3. The van der Waals surface area contributed by atoms with E-state index in [-0.39, 0.29) is 0 Å². The van der Waals surface area contributed by atoms with Crippen LogP contribution in [-0.2, 0) is 4.74 Å². The molecule has 0 saturated heterocycles. The third-order valence-electron chi connectivity index (χ3n) is 2.38. The summed E-state index contributed by atoms with van der Waals surface area (Å²) in [4.78, 5) is 7.63. The van der Waals surface area contributed by atoms with Gasteiger partial charge in [0.15, 0.2) is 5.82 Å². The Bertz CT molecular complexity index is 297. The van der Waals surface area contributed by atoms with Crippen molar-refractivity contribution in [3.63, 3.8) is 0 Å². The number of ether oxygens (including phenoxy) is 1. The largest absolute Gasteiger partial charge is 0.381 e. The van der Waals surface area contributed by atoms with Crippen LogP contribution >= 0.6 is 0 Å². The average Bonchev–Trinajstić information content (AvgIpc) is 2.13. The SMILES string of the molecule is COC1CC(Nc2ncc(F)cn2)C1. The van der Waals surface area contributed by atoms with Crippen LogP contribution in [-0.4, -0.2) is 29.2 Å². The van der Waals surface area contributed by atoms with Gasteiger partial charge < -0.3 is 10.1 Å². The van der Waals surface area contributed by atoms with Crippen molar-refractivity contribution in [2.45, 2.75) is 25.0 Å². The maximum Gasteiger partial charge on any atom is 0.222 e. The van der Waals surface area contributed by atoms with Gasteiger partial charge in [-0.25, -0.2) is 14.4 Å². The van der Waals surface area contributed by atoms with E-state index >= 15 is 0 Å². The minimum Gasteiger partial charge on any atom is -0.381 e. The van der Waals surface area contributed by atoms with E-state index in [4.69, 9.17) is 4.74 Å². The third kappa shape index (κ3) is 1.98. The quantitative estimate of drug-likeness (QED) is 0.791. The Kier molecular flexibility index (Phi) is 2.58. The van der Waals surface area contributed by atoms with Gasteiger partial charge in [0.2, 0.25) is 5.95 Å². The van der Waals surface area contributed by atoms with Crippen molar-refractivity contribution in [1.29, 1.82) is 0 Å². The van der Waals surface area contributed by atoms with Crippen molar-refractivity contribution < 1.29 is 9.13 Å². The van der Waals surface area contributed by atoms with Crippen LogP contribution in [0.2, 0.25) is 0 Å². The number of nitrogens with zero attached hydrogens (tertiary/aromatic N) is 2. The first-order valence-corrected chi connectivity index (χ1v) is 4.55. The number of hydrogen-bond acceptors (Lipinski definition) is 4. The molecule has 0 bridgehead atoms. The summed E-state index contributed by atoms with van der Waals surface area (Å²) in [5, 5.41) is 3.10. The molecule has 0 spiro atoms. The van der Waals surface area contributed by atoms with Crippen LogP contribution in [0.4, 0.5) is 10.3 Å². The van der Waals surface area contributed by atoms with Gasteiger partial charge in [0.1, 0.15) is 0 Å². The minimum absolute atomic E-state index is 0.341. The first-order chi connectivity index (χ1) is 6.78. The highest BCUT2D eigenvalue weighted by Crippen LogP contribution is 2.24. The van der Waals surface area contributed by atoms with Crippen LogP contribution in [0.25, 0.3) is 0 Å².